The molecule has 0 bridgehead atoms. The molecule has 0 spiro atoms. The number of hydrogen-bond donors (Lipinski definition) is 1. The number of pyridine rings is 1. The van der Waals surface area contributed by atoms with Gasteiger partial charge in [-0.2, -0.15) is 0 Å². The van der Waals surface area contributed by atoms with Crippen molar-refractivity contribution in [2.75, 3.05) is 13.1 Å². The molecule has 0 radical (unpaired) electrons. The molecule has 1 aliphatic rings. The van der Waals surface area contributed by atoms with Crippen LogP contribution >= 0.6 is 0 Å². The molecular formula is C19H23FN2O. The molecule has 2 atom stereocenters. The second-order valence-electron chi connectivity index (χ2n) is 6.41. The van der Waals surface area contributed by atoms with Gasteiger partial charge < -0.3 is 5.11 Å². The van der Waals surface area contributed by atoms with Gasteiger partial charge in [0.05, 0.1) is 11.8 Å². The Morgan fingerprint density at radius 2 is 2.09 bits per heavy atom. The number of hydrogen-bond acceptors (Lipinski definition) is 3. The number of aryl methyl sites for hydroxylation is 1. The maximum absolute atomic E-state index is 13.8. The molecule has 1 N–H and O–H groups in total. The number of aliphatic hydroxyl groups excluding tert-OH is 1. The topological polar surface area (TPSA) is 36.4 Å². The number of aliphatic hydroxyl groups is 1. The maximum atomic E-state index is 13.8. The molecule has 0 unspecified atom stereocenters. The Bertz CT molecular complexity index is 661. The van der Waals surface area contributed by atoms with E-state index in [1.165, 1.54) is 11.6 Å². The number of rotatable bonds is 4. The minimum absolute atomic E-state index is 0.118. The molecule has 4 heteroatoms. The first-order valence-corrected chi connectivity index (χ1v) is 8.18. The van der Waals surface area contributed by atoms with Gasteiger partial charge in [-0.3, -0.25) is 9.88 Å². The summed E-state index contributed by atoms with van der Waals surface area (Å²) in [4.78, 5) is 6.66. The summed E-state index contributed by atoms with van der Waals surface area (Å²) in [6.07, 6.45) is 2.86. The standard InChI is InChI=1S/C19H23FN2O/c1-14-5-4-9-21-18(14)12-22-10-8-16(19(23)13-22)11-15-6-2-3-7-17(15)20/h2-7,9,16,19,23H,8,10-13H2,1H3/t16-,19+/m1/s1. The van der Waals surface area contributed by atoms with Crippen LogP contribution in [0.1, 0.15) is 23.2 Å². The molecule has 1 fully saturated rings. The minimum atomic E-state index is -0.424. The highest BCUT2D eigenvalue weighted by Crippen LogP contribution is 2.24. The van der Waals surface area contributed by atoms with Crippen LogP contribution < -0.4 is 0 Å². The summed E-state index contributed by atoms with van der Waals surface area (Å²) in [5.41, 5.74) is 2.94. The van der Waals surface area contributed by atoms with E-state index in [1.54, 1.807) is 6.07 Å². The smallest absolute Gasteiger partial charge is 0.126 e. The molecule has 1 aromatic carbocycles. The Kier molecular flexibility index (Phi) is 5.03. The molecule has 3 nitrogen and oxygen atoms in total. The van der Waals surface area contributed by atoms with Gasteiger partial charge in [0.1, 0.15) is 5.82 Å². The number of halogens is 1. The second kappa shape index (κ2) is 7.20. The molecule has 1 saturated heterocycles. The number of benzene rings is 1. The van der Waals surface area contributed by atoms with Gasteiger partial charge in [0.2, 0.25) is 0 Å². The normalized spacial score (nSPS) is 22.2. The molecule has 2 aromatic rings. The van der Waals surface area contributed by atoms with E-state index in [4.69, 9.17) is 0 Å². The van der Waals surface area contributed by atoms with Crippen LogP contribution in [-0.4, -0.2) is 34.2 Å². The number of nitrogens with zero attached hydrogens (tertiary/aromatic N) is 2. The van der Waals surface area contributed by atoms with Crippen molar-refractivity contribution < 1.29 is 9.50 Å². The van der Waals surface area contributed by atoms with Gasteiger partial charge in [0.25, 0.3) is 0 Å². The Morgan fingerprint density at radius 3 is 2.83 bits per heavy atom. The van der Waals surface area contributed by atoms with Crippen LogP contribution in [0.5, 0.6) is 0 Å². The number of aromatic nitrogens is 1. The fourth-order valence-corrected chi connectivity index (χ4v) is 3.27. The maximum Gasteiger partial charge on any atom is 0.126 e. The van der Waals surface area contributed by atoms with E-state index in [-0.39, 0.29) is 11.7 Å². The monoisotopic (exact) mass is 314 g/mol. The third-order valence-electron chi connectivity index (χ3n) is 4.74. The lowest BCUT2D eigenvalue weighted by Crippen LogP contribution is -2.44. The molecule has 122 valence electrons. The molecule has 23 heavy (non-hydrogen) atoms. The van der Waals surface area contributed by atoms with Gasteiger partial charge in [-0.05, 0) is 55.5 Å². The van der Waals surface area contributed by atoms with Crippen molar-refractivity contribution in [2.45, 2.75) is 32.4 Å². The first-order chi connectivity index (χ1) is 11.1. The SMILES string of the molecule is Cc1cccnc1CN1CC[C@H](Cc2ccccc2F)[C@@H](O)C1. The van der Waals surface area contributed by atoms with Crippen molar-refractivity contribution in [3.63, 3.8) is 0 Å². The van der Waals surface area contributed by atoms with Crippen LogP contribution in [0.2, 0.25) is 0 Å². The van der Waals surface area contributed by atoms with E-state index >= 15 is 0 Å². The van der Waals surface area contributed by atoms with Gasteiger partial charge >= 0.3 is 0 Å². The van der Waals surface area contributed by atoms with Crippen LogP contribution in [0.3, 0.4) is 0 Å². The third kappa shape index (κ3) is 3.95. The number of piperidine rings is 1. The lowest BCUT2D eigenvalue weighted by atomic mass is 9.87. The average Bonchev–Trinajstić information content (AvgIpc) is 2.54. The highest BCUT2D eigenvalue weighted by Gasteiger charge is 2.28. The van der Waals surface area contributed by atoms with E-state index in [9.17, 15) is 9.50 Å². The van der Waals surface area contributed by atoms with E-state index in [1.807, 2.05) is 24.4 Å². The Labute approximate surface area is 136 Å². The highest BCUT2D eigenvalue weighted by atomic mass is 19.1. The highest BCUT2D eigenvalue weighted by molar-refractivity contribution is 5.19. The Morgan fingerprint density at radius 1 is 1.26 bits per heavy atom. The van der Waals surface area contributed by atoms with E-state index in [0.29, 0.717) is 18.5 Å². The first-order valence-electron chi connectivity index (χ1n) is 8.18. The van der Waals surface area contributed by atoms with Crippen molar-refractivity contribution in [3.8, 4) is 0 Å². The molecule has 3 rings (SSSR count). The Balaban J connectivity index is 1.59. The van der Waals surface area contributed by atoms with E-state index in [2.05, 4.69) is 22.9 Å². The predicted octanol–water partition coefficient (Wildman–Crippen LogP) is 2.95. The molecule has 2 heterocycles. The zero-order valence-corrected chi connectivity index (χ0v) is 13.5. The fourth-order valence-electron chi connectivity index (χ4n) is 3.27. The molecule has 1 aromatic heterocycles. The van der Waals surface area contributed by atoms with Gasteiger partial charge in [-0.15, -0.1) is 0 Å². The molecule has 0 amide bonds. The summed E-state index contributed by atoms with van der Waals surface area (Å²) in [7, 11) is 0. The molecule has 1 aliphatic heterocycles. The van der Waals surface area contributed by atoms with Gasteiger partial charge in [-0.1, -0.05) is 24.3 Å². The van der Waals surface area contributed by atoms with Crippen LogP contribution in [0.15, 0.2) is 42.6 Å². The first kappa shape index (κ1) is 16.1. The van der Waals surface area contributed by atoms with Crippen molar-refractivity contribution in [1.29, 1.82) is 0 Å². The number of likely N-dealkylation sites (tertiary alicyclic amines) is 1. The largest absolute Gasteiger partial charge is 0.391 e. The number of β-amino-alcohol motifs (C(OH)–C–C–N with tert-alkyl or cyclic N) is 1. The fraction of sp³-hybridized carbons (Fsp3) is 0.421. The lowest BCUT2D eigenvalue weighted by molar-refractivity contribution is 0.0179. The lowest BCUT2D eigenvalue weighted by Gasteiger charge is -2.36. The summed E-state index contributed by atoms with van der Waals surface area (Å²) >= 11 is 0. The van der Waals surface area contributed by atoms with Gasteiger partial charge in [0.15, 0.2) is 0 Å². The van der Waals surface area contributed by atoms with Gasteiger partial charge in [-0.25, -0.2) is 4.39 Å². The van der Waals surface area contributed by atoms with Crippen LogP contribution in [0.25, 0.3) is 0 Å². The van der Waals surface area contributed by atoms with E-state index in [0.717, 1.165) is 25.2 Å². The summed E-state index contributed by atoms with van der Waals surface area (Å²) < 4.78 is 13.8. The summed E-state index contributed by atoms with van der Waals surface area (Å²) in [6.45, 7) is 4.35. The molecule has 0 saturated carbocycles. The predicted molar refractivity (Wildman–Crippen MR) is 88.5 cm³/mol. The summed E-state index contributed by atoms with van der Waals surface area (Å²) in [5, 5.41) is 10.5. The van der Waals surface area contributed by atoms with Crippen LogP contribution in [0, 0.1) is 18.7 Å². The van der Waals surface area contributed by atoms with Gasteiger partial charge in [0, 0.05) is 19.3 Å². The van der Waals surface area contributed by atoms with E-state index < -0.39 is 6.10 Å². The van der Waals surface area contributed by atoms with Crippen molar-refractivity contribution >= 4 is 0 Å². The Hall–Kier alpha value is -1.78. The summed E-state index contributed by atoms with van der Waals surface area (Å²) in [5.74, 6) is -0.0563. The molecular weight excluding hydrogens is 291 g/mol. The zero-order chi connectivity index (χ0) is 16.2. The van der Waals surface area contributed by atoms with Crippen molar-refractivity contribution in [2.24, 2.45) is 5.92 Å². The zero-order valence-electron chi connectivity index (χ0n) is 13.5. The van der Waals surface area contributed by atoms with Crippen molar-refractivity contribution in [1.82, 2.24) is 9.88 Å². The average molecular weight is 314 g/mol. The third-order valence-corrected chi connectivity index (χ3v) is 4.74. The van der Waals surface area contributed by atoms with Crippen molar-refractivity contribution in [3.05, 3.63) is 65.2 Å². The van der Waals surface area contributed by atoms with Crippen LogP contribution in [-0.2, 0) is 13.0 Å². The van der Waals surface area contributed by atoms with Crippen LogP contribution in [0.4, 0.5) is 4.39 Å². The summed E-state index contributed by atoms with van der Waals surface area (Å²) in [6, 6.07) is 10.8. The second-order valence-corrected chi connectivity index (χ2v) is 6.41. The minimum Gasteiger partial charge on any atom is -0.391 e. The quantitative estimate of drug-likeness (QED) is 0.942. The molecule has 0 aliphatic carbocycles.